The van der Waals surface area contributed by atoms with Crippen molar-refractivity contribution in [2.45, 2.75) is 45.3 Å². The molecule has 0 N–H and O–H groups in total. The molecule has 2 heterocycles. The van der Waals surface area contributed by atoms with Crippen molar-refractivity contribution in [1.29, 1.82) is 0 Å². The van der Waals surface area contributed by atoms with Gasteiger partial charge in [-0.05, 0) is 43.4 Å². The van der Waals surface area contributed by atoms with E-state index in [2.05, 4.69) is 24.0 Å². The molecule has 0 aliphatic carbocycles. The third kappa shape index (κ3) is 5.53. The minimum Gasteiger partial charge on any atom is -0.379 e. The molecule has 144 valence electrons. The SMILES string of the molecule is CCCN(CC1CCCCO1)C(=O)c1cccc(CN2CCOCC2)c1. The van der Waals surface area contributed by atoms with E-state index in [0.29, 0.717) is 6.54 Å². The third-order valence-corrected chi connectivity index (χ3v) is 5.16. The van der Waals surface area contributed by atoms with E-state index in [1.807, 2.05) is 17.0 Å². The number of carbonyl (C=O) groups is 1. The first-order valence-electron chi connectivity index (χ1n) is 10.1. The normalized spacial score (nSPS) is 21.5. The van der Waals surface area contributed by atoms with Gasteiger partial charge >= 0.3 is 0 Å². The number of rotatable bonds is 7. The average molecular weight is 360 g/mol. The van der Waals surface area contributed by atoms with Crippen molar-refractivity contribution in [2.75, 3.05) is 46.0 Å². The fourth-order valence-corrected chi connectivity index (χ4v) is 3.75. The van der Waals surface area contributed by atoms with E-state index in [-0.39, 0.29) is 12.0 Å². The second-order valence-corrected chi connectivity index (χ2v) is 7.33. The highest BCUT2D eigenvalue weighted by Crippen LogP contribution is 2.17. The van der Waals surface area contributed by atoms with E-state index >= 15 is 0 Å². The first kappa shape index (κ1) is 19.3. The van der Waals surface area contributed by atoms with Crippen LogP contribution in [0.2, 0.25) is 0 Å². The molecule has 1 aromatic rings. The first-order valence-corrected chi connectivity index (χ1v) is 10.1. The van der Waals surface area contributed by atoms with Crippen LogP contribution >= 0.6 is 0 Å². The highest BCUT2D eigenvalue weighted by Gasteiger charge is 2.22. The van der Waals surface area contributed by atoms with Gasteiger partial charge in [-0.25, -0.2) is 0 Å². The molecule has 5 heteroatoms. The molecule has 2 fully saturated rings. The second kappa shape index (κ2) is 10.0. The number of ether oxygens (including phenoxy) is 2. The molecule has 1 aromatic carbocycles. The number of carbonyl (C=O) groups excluding carboxylic acids is 1. The molecular weight excluding hydrogens is 328 g/mol. The molecule has 2 aliphatic rings. The van der Waals surface area contributed by atoms with Gasteiger partial charge in [0.2, 0.25) is 0 Å². The predicted octanol–water partition coefficient (Wildman–Crippen LogP) is 2.94. The molecule has 2 saturated heterocycles. The van der Waals surface area contributed by atoms with Crippen LogP contribution in [0.15, 0.2) is 24.3 Å². The molecule has 26 heavy (non-hydrogen) atoms. The van der Waals surface area contributed by atoms with Crippen molar-refractivity contribution in [2.24, 2.45) is 0 Å². The lowest BCUT2D eigenvalue weighted by molar-refractivity contribution is -0.00384. The molecule has 0 spiro atoms. The Morgan fingerprint density at radius 1 is 1.23 bits per heavy atom. The smallest absolute Gasteiger partial charge is 0.253 e. The Balaban J connectivity index is 1.64. The van der Waals surface area contributed by atoms with Crippen molar-refractivity contribution in [3.63, 3.8) is 0 Å². The molecule has 0 saturated carbocycles. The molecule has 0 aromatic heterocycles. The van der Waals surface area contributed by atoms with Gasteiger partial charge < -0.3 is 14.4 Å². The van der Waals surface area contributed by atoms with Crippen LogP contribution in [0.4, 0.5) is 0 Å². The Bertz CT molecular complexity index is 566. The highest BCUT2D eigenvalue weighted by molar-refractivity contribution is 5.94. The lowest BCUT2D eigenvalue weighted by atomic mass is 10.1. The van der Waals surface area contributed by atoms with Gasteiger partial charge in [-0.1, -0.05) is 19.1 Å². The van der Waals surface area contributed by atoms with Crippen LogP contribution in [0, 0.1) is 0 Å². The van der Waals surface area contributed by atoms with E-state index in [1.165, 1.54) is 12.0 Å². The Hall–Kier alpha value is -1.43. The largest absolute Gasteiger partial charge is 0.379 e. The van der Waals surface area contributed by atoms with Crippen molar-refractivity contribution in [1.82, 2.24) is 9.80 Å². The molecule has 1 atom stereocenters. The van der Waals surface area contributed by atoms with Crippen LogP contribution in [-0.4, -0.2) is 67.8 Å². The van der Waals surface area contributed by atoms with Gasteiger partial charge in [-0.3, -0.25) is 9.69 Å². The molecule has 0 bridgehead atoms. The number of morpholine rings is 1. The van der Waals surface area contributed by atoms with Crippen molar-refractivity contribution in [3.8, 4) is 0 Å². The molecule has 5 nitrogen and oxygen atoms in total. The number of hydrogen-bond donors (Lipinski definition) is 0. The van der Waals surface area contributed by atoms with Gasteiger partial charge in [0.05, 0.1) is 19.3 Å². The van der Waals surface area contributed by atoms with Gasteiger partial charge in [0, 0.05) is 44.9 Å². The summed E-state index contributed by atoms with van der Waals surface area (Å²) in [6.07, 6.45) is 4.56. The minimum atomic E-state index is 0.129. The maximum Gasteiger partial charge on any atom is 0.253 e. The summed E-state index contributed by atoms with van der Waals surface area (Å²) in [5, 5.41) is 0. The Kier molecular flexibility index (Phi) is 7.47. The van der Waals surface area contributed by atoms with E-state index in [0.717, 1.165) is 70.8 Å². The highest BCUT2D eigenvalue weighted by atomic mass is 16.5. The van der Waals surface area contributed by atoms with E-state index < -0.39 is 0 Å². The Morgan fingerprint density at radius 2 is 2.08 bits per heavy atom. The predicted molar refractivity (Wildman–Crippen MR) is 102 cm³/mol. The molecule has 1 unspecified atom stereocenters. The maximum atomic E-state index is 13.1. The van der Waals surface area contributed by atoms with Crippen molar-refractivity contribution in [3.05, 3.63) is 35.4 Å². The summed E-state index contributed by atoms with van der Waals surface area (Å²) in [6.45, 7) is 8.83. The number of amides is 1. The fourth-order valence-electron chi connectivity index (χ4n) is 3.75. The van der Waals surface area contributed by atoms with Crippen LogP contribution < -0.4 is 0 Å². The quantitative estimate of drug-likeness (QED) is 0.750. The number of nitrogens with zero attached hydrogens (tertiary/aromatic N) is 2. The summed E-state index contributed by atoms with van der Waals surface area (Å²) in [4.78, 5) is 17.4. The molecule has 2 aliphatic heterocycles. The van der Waals surface area contributed by atoms with E-state index in [4.69, 9.17) is 9.47 Å². The average Bonchev–Trinajstić information content (AvgIpc) is 2.69. The van der Waals surface area contributed by atoms with Gasteiger partial charge in [0.1, 0.15) is 0 Å². The summed E-state index contributed by atoms with van der Waals surface area (Å²) >= 11 is 0. The third-order valence-electron chi connectivity index (χ3n) is 5.16. The zero-order chi connectivity index (χ0) is 18.2. The zero-order valence-corrected chi connectivity index (χ0v) is 16.0. The zero-order valence-electron chi connectivity index (χ0n) is 16.0. The summed E-state index contributed by atoms with van der Waals surface area (Å²) in [6, 6.07) is 8.11. The Morgan fingerprint density at radius 3 is 2.81 bits per heavy atom. The summed E-state index contributed by atoms with van der Waals surface area (Å²) < 4.78 is 11.3. The van der Waals surface area contributed by atoms with Gasteiger partial charge in [0.25, 0.3) is 5.91 Å². The lowest BCUT2D eigenvalue weighted by Gasteiger charge is -2.30. The summed E-state index contributed by atoms with van der Waals surface area (Å²) in [5.41, 5.74) is 1.99. The standard InChI is InChI=1S/C21H32N2O3/c1-2-9-23(17-20-8-3-4-12-26-20)21(24)19-7-5-6-18(15-19)16-22-10-13-25-14-11-22/h5-7,15,20H,2-4,8-14,16-17H2,1H3. The van der Waals surface area contributed by atoms with E-state index in [1.54, 1.807) is 0 Å². The van der Waals surface area contributed by atoms with Crippen LogP contribution in [-0.2, 0) is 16.0 Å². The summed E-state index contributed by atoms with van der Waals surface area (Å²) in [7, 11) is 0. The van der Waals surface area contributed by atoms with Crippen LogP contribution in [0.5, 0.6) is 0 Å². The Labute approximate surface area is 157 Å². The van der Waals surface area contributed by atoms with Crippen LogP contribution in [0.25, 0.3) is 0 Å². The molecule has 0 radical (unpaired) electrons. The van der Waals surface area contributed by atoms with Crippen LogP contribution in [0.1, 0.15) is 48.5 Å². The first-order chi connectivity index (χ1) is 12.8. The molecule has 3 rings (SSSR count). The number of benzene rings is 1. The van der Waals surface area contributed by atoms with Crippen molar-refractivity contribution < 1.29 is 14.3 Å². The maximum absolute atomic E-state index is 13.1. The lowest BCUT2D eigenvalue weighted by Crippen LogP contribution is -2.40. The topological polar surface area (TPSA) is 42.0 Å². The number of hydrogen-bond acceptors (Lipinski definition) is 4. The van der Waals surface area contributed by atoms with Gasteiger partial charge in [-0.15, -0.1) is 0 Å². The van der Waals surface area contributed by atoms with Gasteiger partial charge in [-0.2, -0.15) is 0 Å². The minimum absolute atomic E-state index is 0.129. The molecular formula is C21H32N2O3. The van der Waals surface area contributed by atoms with Gasteiger partial charge in [0.15, 0.2) is 0 Å². The van der Waals surface area contributed by atoms with Crippen LogP contribution in [0.3, 0.4) is 0 Å². The summed E-state index contributed by atoms with van der Waals surface area (Å²) in [5.74, 6) is 0.129. The monoisotopic (exact) mass is 360 g/mol. The fraction of sp³-hybridized carbons (Fsp3) is 0.667. The second-order valence-electron chi connectivity index (χ2n) is 7.33. The van der Waals surface area contributed by atoms with E-state index in [9.17, 15) is 4.79 Å². The molecule has 1 amide bonds. The van der Waals surface area contributed by atoms with Crippen molar-refractivity contribution >= 4 is 5.91 Å².